The lowest BCUT2D eigenvalue weighted by molar-refractivity contribution is 0.340. The summed E-state index contributed by atoms with van der Waals surface area (Å²) in [4.78, 5) is 3.73. The van der Waals surface area contributed by atoms with E-state index in [1.807, 2.05) is 38.0 Å². The van der Waals surface area contributed by atoms with E-state index in [9.17, 15) is 4.57 Å². The van der Waals surface area contributed by atoms with E-state index < -0.39 is 7.44 Å². The van der Waals surface area contributed by atoms with Crippen LogP contribution in [0, 0.1) is 0 Å². The Morgan fingerprint density at radius 2 is 1.12 bits per heavy atom. The zero-order valence-electron chi connectivity index (χ0n) is 12.0. The molecule has 0 radical (unpaired) electrons. The van der Waals surface area contributed by atoms with Crippen LogP contribution in [0.5, 0.6) is 0 Å². The molecule has 0 fully saturated rings. The largest absolute Gasteiger partial charge is 0.363 e. The van der Waals surface area contributed by atoms with E-state index in [0.717, 1.165) is 5.82 Å². The van der Waals surface area contributed by atoms with Gasteiger partial charge in [-0.15, -0.1) is 0 Å². The summed E-state index contributed by atoms with van der Waals surface area (Å²) in [5.74, 6) is 0.748. The van der Waals surface area contributed by atoms with Gasteiger partial charge >= 0.3 is 0 Å². The minimum Gasteiger partial charge on any atom is -0.363 e. The zero-order chi connectivity index (χ0) is 14.0. The average Bonchev–Trinajstić information content (AvgIpc) is 2.14. The minimum atomic E-state index is -2.89. The number of hydrogen-bond donors (Lipinski definition) is 0. The third-order valence-corrected chi connectivity index (χ3v) is 6.08. The Labute approximate surface area is 110 Å². The van der Waals surface area contributed by atoms with Gasteiger partial charge in [0.1, 0.15) is 10.6 Å². The number of rotatable bonds is 5. The van der Waals surface area contributed by atoms with E-state index in [1.54, 1.807) is 37.5 Å². The highest BCUT2D eigenvalue weighted by atomic mass is 35.5. The molecule has 0 aromatic rings. The molecule has 17 heavy (non-hydrogen) atoms. The summed E-state index contributed by atoms with van der Waals surface area (Å²) in [6.07, 6.45) is 0. The molecule has 0 rings (SSSR count). The predicted octanol–water partition coefficient (Wildman–Crippen LogP) is 1.79. The van der Waals surface area contributed by atoms with Crippen molar-refractivity contribution >= 4 is 19.0 Å². The maximum absolute atomic E-state index is 13.0. The van der Waals surface area contributed by atoms with Crippen LogP contribution in [0.25, 0.3) is 0 Å². The predicted molar refractivity (Wildman–Crippen MR) is 75.2 cm³/mol. The molecule has 0 aromatic carbocycles. The summed E-state index contributed by atoms with van der Waals surface area (Å²) in [6.45, 7) is 0. The molecule has 0 saturated carbocycles. The Bertz CT molecular complexity index is 317. The average molecular weight is 283 g/mol. The first-order chi connectivity index (χ1) is 7.56. The van der Waals surface area contributed by atoms with Gasteiger partial charge in [0.2, 0.25) is 0 Å². The van der Waals surface area contributed by atoms with Crippen LogP contribution in [0.15, 0.2) is 10.6 Å². The fourth-order valence-corrected chi connectivity index (χ4v) is 4.93. The monoisotopic (exact) mass is 282 g/mol. The van der Waals surface area contributed by atoms with Gasteiger partial charge in [-0.3, -0.25) is 4.57 Å². The SMILES string of the molecule is CN(C)C(=C(Cl)P(=O)(N(C)C)N(C)C)N(C)C. The molecule has 0 unspecified atom stereocenters. The molecule has 5 nitrogen and oxygen atoms in total. The fourth-order valence-electron chi connectivity index (χ4n) is 1.61. The summed E-state index contributed by atoms with van der Waals surface area (Å²) < 4.78 is 16.7. The van der Waals surface area contributed by atoms with E-state index in [2.05, 4.69) is 0 Å². The molecule has 7 heteroatoms. The molecule has 0 atom stereocenters. The first-order valence-electron chi connectivity index (χ1n) is 5.27. The van der Waals surface area contributed by atoms with Crippen molar-refractivity contribution in [2.75, 3.05) is 56.4 Å². The normalized spacial score (nSPS) is 11.9. The van der Waals surface area contributed by atoms with Crippen LogP contribution in [-0.2, 0) is 4.57 Å². The molecule has 0 spiro atoms. The summed E-state index contributed by atoms with van der Waals surface area (Å²) in [5, 5.41) is 0. The lowest BCUT2D eigenvalue weighted by atomic mass is 10.6. The quantitative estimate of drug-likeness (QED) is 0.718. The van der Waals surface area contributed by atoms with Gasteiger partial charge in [-0.05, 0) is 28.2 Å². The number of hydrogen-bond acceptors (Lipinski definition) is 3. The fraction of sp³-hybridized carbons (Fsp3) is 0.800. The molecule has 0 saturated heterocycles. The van der Waals surface area contributed by atoms with E-state index in [4.69, 9.17) is 11.6 Å². The van der Waals surface area contributed by atoms with Gasteiger partial charge in [-0.25, -0.2) is 9.34 Å². The van der Waals surface area contributed by atoms with Crippen molar-refractivity contribution in [2.24, 2.45) is 0 Å². The van der Waals surface area contributed by atoms with Crippen LogP contribution in [0.4, 0.5) is 0 Å². The molecule has 0 aliphatic rings. The zero-order valence-corrected chi connectivity index (χ0v) is 13.7. The van der Waals surface area contributed by atoms with Crippen molar-refractivity contribution in [1.82, 2.24) is 19.1 Å². The molecular weight excluding hydrogens is 259 g/mol. The highest BCUT2D eigenvalue weighted by Crippen LogP contribution is 2.60. The van der Waals surface area contributed by atoms with Gasteiger partial charge in [0.15, 0.2) is 0 Å². The van der Waals surface area contributed by atoms with Crippen molar-refractivity contribution in [1.29, 1.82) is 0 Å². The van der Waals surface area contributed by atoms with Gasteiger partial charge in [-0.2, -0.15) is 0 Å². The van der Waals surface area contributed by atoms with E-state index in [1.165, 1.54) is 0 Å². The number of halogens is 1. The third kappa shape index (κ3) is 3.38. The Morgan fingerprint density at radius 1 is 0.824 bits per heavy atom. The second-order valence-corrected chi connectivity index (χ2v) is 8.42. The Hall–Kier alpha value is -0.220. The van der Waals surface area contributed by atoms with E-state index in [0.29, 0.717) is 4.77 Å². The van der Waals surface area contributed by atoms with Crippen LogP contribution in [-0.4, -0.2) is 75.5 Å². The Morgan fingerprint density at radius 3 is 1.29 bits per heavy atom. The maximum Gasteiger partial charge on any atom is 0.259 e. The van der Waals surface area contributed by atoms with Gasteiger partial charge < -0.3 is 9.80 Å². The molecule has 0 heterocycles. The van der Waals surface area contributed by atoms with Gasteiger partial charge in [0.05, 0.1) is 0 Å². The molecular formula is C10H24ClN4OP. The van der Waals surface area contributed by atoms with Gasteiger partial charge in [0.25, 0.3) is 7.44 Å². The van der Waals surface area contributed by atoms with Crippen LogP contribution in [0.1, 0.15) is 0 Å². The number of nitrogens with zero attached hydrogens (tertiary/aromatic N) is 4. The molecule has 0 aromatic heterocycles. The van der Waals surface area contributed by atoms with E-state index in [-0.39, 0.29) is 0 Å². The summed E-state index contributed by atoms with van der Waals surface area (Å²) >= 11 is 6.38. The highest BCUT2D eigenvalue weighted by Gasteiger charge is 2.35. The van der Waals surface area contributed by atoms with Crippen LogP contribution < -0.4 is 0 Å². The smallest absolute Gasteiger partial charge is 0.259 e. The molecule has 0 aliphatic carbocycles. The lowest BCUT2D eigenvalue weighted by Crippen LogP contribution is -2.29. The van der Waals surface area contributed by atoms with Crippen LogP contribution >= 0.6 is 19.0 Å². The first kappa shape index (κ1) is 16.8. The topological polar surface area (TPSA) is 30.0 Å². The molecule has 0 N–H and O–H groups in total. The van der Waals surface area contributed by atoms with Crippen molar-refractivity contribution in [3.05, 3.63) is 10.6 Å². The summed E-state index contributed by atoms with van der Waals surface area (Å²) in [7, 11) is 11.7. The molecule has 0 amide bonds. The second-order valence-electron chi connectivity index (χ2n) is 4.64. The van der Waals surface area contributed by atoms with Crippen molar-refractivity contribution in [2.45, 2.75) is 0 Å². The lowest BCUT2D eigenvalue weighted by Gasteiger charge is -2.34. The van der Waals surface area contributed by atoms with Crippen molar-refractivity contribution in [3.8, 4) is 0 Å². The summed E-state index contributed by atoms with van der Waals surface area (Å²) in [5.41, 5.74) is 0. The van der Waals surface area contributed by atoms with Crippen LogP contribution in [0.3, 0.4) is 0 Å². The summed E-state index contributed by atoms with van der Waals surface area (Å²) in [6, 6.07) is 0. The Balaban J connectivity index is 5.86. The van der Waals surface area contributed by atoms with Gasteiger partial charge in [0, 0.05) is 28.2 Å². The molecule has 0 bridgehead atoms. The first-order valence-corrected chi connectivity index (χ1v) is 7.26. The standard InChI is InChI=1S/C10H24ClN4OP/c1-12(2)10(13(3)4)9(11)17(16,14(5)6)15(7)8/h1-8H3. The maximum atomic E-state index is 13.0. The van der Waals surface area contributed by atoms with Crippen molar-refractivity contribution < 1.29 is 4.57 Å². The van der Waals surface area contributed by atoms with Gasteiger partial charge in [-0.1, -0.05) is 11.6 Å². The highest BCUT2D eigenvalue weighted by molar-refractivity contribution is 7.65. The van der Waals surface area contributed by atoms with E-state index >= 15 is 0 Å². The third-order valence-electron chi connectivity index (χ3n) is 2.37. The molecule has 0 aliphatic heterocycles. The second kappa shape index (κ2) is 6.10. The molecule has 102 valence electrons. The van der Waals surface area contributed by atoms with Crippen LogP contribution in [0.2, 0.25) is 0 Å². The van der Waals surface area contributed by atoms with Crippen molar-refractivity contribution in [3.63, 3.8) is 0 Å². The minimum absolute atomic E-state index is 0.363. The Kier molecular flexibility index (Phi) is 6.02.